The Bertz CT molecular complexity index is 752. The Kier molecular flexibility index (Phi) is 3.47. The maximum atomic E-state index is 11.2. The lowest BCUT2D eigenvalue weighted by molar-refractivity contribution is 0.0690. The van der Waals surface area contributed by atoms with Gasteiger partial charge in [0.2, 0.25) is 0 Å². The summed E-state index contributed by atoms with van der Waals surface area (Å²) in [6, 6.07) is 16.7. The molecule has 1 aromatic carbocycles. The van der Waals surface area contributed by atoms with Crippen LogP contribution in [-0.4, -0.2) is 25.8 Å². The molecule has 0 spiro atoms. The van der Waals surface area contributed by atoms with Gasteiger partial charge < -0.3 is 5.11 Å². The molecule has 0 bridgehead atoms. The molecule has 2 aromatic heterocycles. The molecule has 0 aliphatic carbocycles. The predicted octanol–water partition coefficient (Wildman–Crippen LogP) is 2.56. The number of carbonyl (C=O) groups is 1. The lowest BCUT2D eigenvalue weighted by Gasteiger charge is -2.06. The smallest absolute Gasteiger partial charge is 0.356 e. The van der Waals surface area contributed by atoms with Gasteiger partial charge in [0.25, 0.3) is 0 Å². The van der Waals surface area contributed by atoms with Crippen LogP contribution in [0.2, 0.25) is 0 Å². The van der Waals surface area contributed by atoms with Gasteiger partial charge in [-0.2, -0.15) is 5.10 Å². The first kappa shape index (κ1) is 13.1. The van der Waals surface area contributed by atoms with Crippen LogP contribution in [0, 0.1) is 0 Å². The van der Waals surface area contributed by atoms with Crippen molar-refractivity contribution in [1.82, 2.24) is 14.8 Å². The minimum atomic E-state index is -1.04. The maximum absolute atomic E-state index is 11.2. The zero-order valence-corrected chi connectivity index (χ0v) is 11.2. The van der Waals surface area contributed by atoms with E-state index in [2.05, 4.69) is 10.1 Å². The molecule has 3 aromatic rings. The molecule has 0 amide bonds. The van der Waals surface area contributed by atoms with Crippen molar-refractivity contribution in [3.8, 4) is 5.69 Å². The molecule has 2 heterocycles. The molecule has 1 N–H and O–H groups in total. The quantitative estimate of drug-likeness (QED) is 0.797. The lowest BCUT2D eigenvalue weighted by atomic mass is 10.2. The van der Waals surface area contributed by atoms with E-state index in [0.717, 1.165) is 17.1 Å². The minimum absolute atomic E-state index is 0.0322. The fraction of sp³-hybridized carbons (Fsp3) is 0.0625. The van der Waals surface area contributed by atoms with Crippen molar-refractivity contribution < 1.29 is 9.90 Å². The minimum Gasteiger partial charge on any atom is -0.476 e. The van der Waals surface area contributed by atoms with E-state index in [1.807, 2.05) is 48.5 Å². The van der Waals surface area contributed by atoms with Gasteiger partial charge in [-0.05, 0) is 30.3 Å². The molecule has 0 fully saturated rings. The van der Waals surface area contributed by atoms with Gasteiger partial charge in [0.05, 0.1) is 11.4 Å². The molecule has 0 atom stereocenters. The number of aromatic carboxylic acids is 1. The number of hydrogen-bond donors (Lipinski definition) is 1. The van der Waals surface area contributed by atoms with Gasteiger partial charge >= 0.3 is 5.97 Å². The van der Waals surface area contributed by atoms with E-state index < -0.39 is 5.97 Å². The van der Waals surface area contributed by atoms with E-state index >= 15 is 0 Å². The largest absolute Gasteiger partial charge is 0.476 e. The zero-order valence-electron chi connectivity index (χ0n) is 11.2. The highest BCUT2D eigenvalue weighted by Crippen LogP contribution is 2.15. The third kappa shape index (κ3) is 2.81. The first-order valence-corrected chi connectivity index (χ1v) is 6.51. The Morgan fingerprint density at radius 2 is 1.86 bits per heavy atom. The molecule has 21 heavy (non-hydrogen) atoms. The molecule has 104 valence electrons. The van der Waals surface area contributed by atoms with Crippen LogP contribution in [-0.2, 0) is 6.42 Å². The number of carboxylic acids is 1. The fourth-order valence-electron chi connectivity index (χ4n) is 2.13. The number of para-hydroxylation sites is 1. The van der Waals surface area contributed by atoms with Crippen molar-refractivity contribution in [2.75, 3.05) is 0 Å². The Labute approximate surface area is 121 Å². The van der Waals surface area contributed by atoms with Crippen molar-refractivity contribution >= 4 is 5.97 Å². The summed E-state index contributed by atoms with van der Waals surface area (Å²) in [6.45, 7) is 0. The SMILES string of the molecule is O=C(O)c1cc(Cc2ccccn2)n(-c2ccccc2)n1. The Hall–Kier alpha value is -2.95. The van der Waals surface area contributed by atoms with Gasteiger partial charge in [0, 0.05) is 18.3 Å². The standard InChI is InChI=1S/C16H13N3O2/c20-16(21)15-11-14(10-12-6-4-5-9-17-12)19(18-15)13-7-2-1-3-8-13/h1-9,11H,10H2,(H,20,21). The summed E-state index contributed by atoms with van der Waals surface area (Å²) in [6.07, 6.45) is 2.24. The van der Waals surface area contributed by atoms with Crippen molar-refractivity contribution in [3.05, 3.63) is 77.9 Å². The summed E-state index contributed by atoms with van der Waals surface area (Å²) in [4.78, 5) is 15.4. The summed E-state index contributed by atoms with van der Waals surface area (Å²) in [5, 5.41) is 13.3. The average molecular weight is 279 g/mol. The highest BCUT2D eigenvalue weighted by Gasteiger charge is 2.15. The van der Waals surface area contributed by atoms with E-state index in [4.69, 9.17) is 5.11 Å². The molecule has 0 aliphatic rings. The van der Waals surface area contributed by atoms with Crippen LogP contribution in [0.25, 0.3) is 5.69 Å². The number of pyridine rings is 1. The van der Waals surface area contributed by atoms with Gasteiger partial charge in [0.1, 0.15) is 0 Å². The van der Waals surface area contributed by atoms with Gasteiger partial charge in [-0.15, -0.1) is 0 Å². The third-order valence-corrected chi connectivity index (χ3v) is 3.09. The molecule has 5 nitrogen and oxygen atoms in total. The van der Waals surface area contributed by atoms with Crippen LogP contribution in [0.3, 0.4) is 0 Å². The fourth-order valence-corrected chi connectivity index (χ4v) is 2.13. The van der Waals surface area contributed by atoms with Crippen LogP contribution >= 0.6 is 0 Å². The molecular weight excluding hydrogens is 266 g/mol. The molecule has 3 rings (SSSR count). The summed E-state index contributed by atoms with van der Waals surface area (Å²) < 4.78 is 1.65. The van der Waals surface area contributed by atoms with E-state index in [1.54, 1.807) is 16.9 Å². The number of carboxylic acid groups (broad SMARTS) is 1. The van der Waals surface area contributed by atoms with Crippen LogP contribution in [0.5, 0.6) is 0 Å². The van der Waals surface area contributed by atoms with E-state index in [9.17, 15) is 4.79 Å². The van der Waals surface area contributed by atoms with Crippen molar-refractivity contribution in [1.29, 1.82) is 0 Å². The predicted molar refractivity (Wildman–Crippen MR) is 77.6 cm³/mol. The Balaban J connectivity index is 2.04. The molecule has 0 aliphatic heterocycles. The molecule has 0 saturated carbocycles. The number of hydrogen-bond acceptors (Lipinski definition) is 3. The van der Waals surface area contributed by atoms with E-state index in [0.29, 0.717) is 6.42 Å². The van der Waals surface area contributed by atoms with Gasteiger partial charge in [-0.1, -0.05) is 24.3 Å². The number of rotatable bonds is 4. The van der Waals surface area contributed by atoms with E-state index in [1.165, 1.54) is 0 Å². The van der Waals surface area contributed by atoms with Crippen LogP contribution in [0.15, 0.2) is 60.8 Å². The zero-order chi connectivity index (χ0) is 14.7. The summed E-state index contributed by atoms with van der Waals surface area (Å²) in [5.41, 5.74) is 2.52. The third-order valence-electron chi connectivity index (χ3n) is 3.09. The molecule has 0 unspecified atom stereocenters. The number of benzene rings is 1. The number of nitrogens with zero attached hydrogens (tertiary/aromatic N) is 3. The monoisotopic (exact) mass is 279 g/mol. The Morgan fingerprint density at radius 1 is 1.10 bits per heavy atom. The second kappa shape index (κ2) is 5.58. The van der Waals surface area contributed by atoms with E-state index in [-0.39, 0.29) is 5.69 Å². The second-order valence-corrected chi connectivity index (χ2v) is 4.57. The maximum Gasteiger partial charge on any atom is 0.356 e. The molecule has 5 heteroatoms. The summed E-state index contributed by atoms with van der Waals surface area (Å²) >= 11 is 0. The summed E-state index contributed by atoms with van der Waals surface area (Å²) in [7, 11) is 0. The van der Waals surface area contributed by atoms with Gasteiger partial charge in [-0.25, -0.2) is 9.48 Å². The van der Waals surface area contributed by atoms with Crippen molar-refractivity contribution in [3.63, 3.8) is 0 Å². The van der Waals surface area contributed by atoms with Crippen molar-refractivity contribution in [2.45, 2.75) is 6.42 Å². The highest BCUT2D eigenvalue weighted by atomic mass is 16.4. The summed E-state index contributed by atoms with van der Waals surface area (Å²) in [5.74, 6) is -1.04. The molecule has 0 saturated heterocycles. The topological polar surface area (TPSA) is 68.0 Å². The normalized spacial score (nSPS) is 10.5. The molecular formula is C16H13N3O2. The molecule has 0 radical (unpaired) electrons. The lowest BCUT2D eigenvalue weighted by Crippen LogP contribution is -2.04. The average Bonchev–Trinajstić information content (AvgIpc) is 2.93. The van der Waals surface area contributed by atoms with Crippen LogP contribution in [0.1, 0.15) is 21.9 Å². The highest BCUT2D eigenvalue weighted by molar-refractivity contribution is 5.85. The Morgan fingerprint density at radius 3 is 2.52 bits per heavy atom. The second-order valence-electron chi connectivity index (χ2n) is 4.57. The van der Waals surface area contributed by atoms with Crippen molar-refractivity contribution in [2.24, 2.45) is 0 Å². The first-order chi connectivity index (χ1) is 10.2. The number of aromatic nitrogens is 3. The van der Waals surface area contributed by atoms with Crippen LogP contribution < -0.4 is 0 Å². The van der Waals surface area contributed by atoms with Crippen LogP contribution in [0.4, 0.5) is 0 Å². The van der Waals surface area contributed by atoms with Gasteiger partial charge in [0.15, 0.2) is 5.69 Å². The first-order valence-electron chi connectivity index (χ1n) is 6.51. The van der Waals surface area contributed by atoms with Gasteiger partial charge in [-0.3, -0.25) is 4.98 Å².